The molecule has 0 saturated carbocycles. The number of amides is 1. The molecule has 7 heteroatoms. The van der Waals surface area contributed by atoms with Gasteiger partial charge in [-0.1, -0.05) is 29.3 Å². The van der Waals surface area contributed by atoms with E-state index >= 15 is 0 Å². The number of benzene rings is 2. The Kier molecular flexibility index (Phi) is 7.51. The zero-order valence-corrected chi connectivity index (χ0v) is 16.8. The Balaban J connectivity index is 2.08. The van der Waals surface area contributed by atoms with Gasteiger partial charge in [0, 0.05) is 15.6 Å². The molecule has 0 saturated heterocycles. The maximum atomic E-state index is 12.5. The summed E-state index contributed by atoms with van der Waals surface area (Å²) in [7, 11) is 0. The van der Waals surface area contributed by atoms with Crippen LogP contribution in [0.2, 0.25) is 10.0 Å². The van der Waals surface area contributed by atoms with E-state index < -0.39 is 6.10 Å². The summed E-state index contributed by atoms with van der Waals surface area (Å²) in [5.74, 6) is 0.494. The third-order valence-corrected chi connectivity index (χ3v) is 4.43. The average molecular weight is 410 g/mol. The minimum Gasteiger partial charge on any atom is -0.490 e. The molecule has 2 rings (SSSR count). The van der Waals surface area contributed by atoms with Crippen molar-refractivity contribution >= 4 is 35.4 Å². The standard InChI is InChI=1S/C20H21Cl2NO4/c1-4-26-19-9-14(11-24)5-8-18(19)27-13(3)20(25)23-12(2)16-7-6-15(21)10-17(16)22/h5-13H,4H2,1-3H3,(H,23,25)/t12-,13-/m1/s1. The van der Waals surface area contributed by atoms with Crippen LogP contribution in [-0.2, 0) is 4.79 Å². The minimum absolute atomic E-state index is 0.310. The van der Waals surface area contributed by atoms with Crippen molar-refractivity contribution in [2.24, 2.45) is 0 Å². The van der Waals surface area contributed by atoms with E-state index in [-0.39, 0.29) is 11.9 Å². The van der Waals surface area contributed by atoms with Crippen molar-refractivity contribution in [2.45, 2.75) is 32.9 Å². The van der Waals surface area contributed by atoms with Crippen molar-refractivity contribution in [3.8, 4) is 11.5 Å². The highest BCUT2D eigenvalue weighted by Gasteiger charge is 2.20. The summed E-state index contributed by atoms with van der Waals surface area (Å²) in [6, 6.07) is 9.58. The van der Waals surface area contributed by atoms with Crippen LogP contribution in [0, 0.1) is 0 Å². The second-order valence-corrected chi connectivity index (χ2v) is 6.76. The Morgan fingerprint density at radius 3 is 2.52 bits per heavy atom. The summed E-state index contributed by atoms with van der Waals surface area (Å²) >= 11 is 12.1. The molecule has 0 bridgehead atoms. The van der Waals surface area contributed by atoms with Crippen LogP contribution < -0.4 is 14.8 Å². The Morgan fingerprint density at radius 1 is 1.15 bits per heavy atom. The van der Waals surface area contributed by atoms with E-state index in [4.69, 9.17) is 32.7 Å². The number of hydrogen-bond donors (Lipinski definition) is 1. The zero-order valence-electron chi connectivity index (χ0n) is 15.3. The number of carbonyl (C=O) groups excluding carboxylic acids is 2. The lowest BCUT2D eigenvalue weighted by Crippen LogP contribution is -2.37. The van der Waals surface area contributed by atoms with Crippen molar-refractivity contribution < 1.29 is 19.1 Å². The lowest BCUT2D eigenvalue weighted by atomic mass is 10.1. The van der Waals surface area contributed by atoms with E-state index in [1.165, 1.54) is 0 Å². The molecule has 1 N–H and O–H groups in total. The van der Waals surface area contributed by atoms with Gasteiger partial charge in [-0.05, 0) is 56.7 Å². The molecule has 0 aromatic heterocycles. The largest absolute Gasteiger partial charge is 0.490 e. The van der Waals surface area contributed by atoms with Gasteiger partial charge in [-0.25, -0.2) is 0 Å². The quantitative estimate of drug-likeness (QED) is 0.632. The second-order valence-electron chi connectivity index (χ2n) is 5.91. The first-order valence-corrected chi connectivity index (χ1v) is 9.25. The van der Waals surface area contributed by atoms with Crippen molar-refractivity contribution in [2.75, 3.05) is 6.61 Å². The lowest BCUT2D eigenvalue weighted by Gasteiger charge is -2.21. The molecule has 1 amide bonds. The van der Waals surface area contributed by atoms with Crippen LogP contribution in [0.3, 0.4) is 0 Å². The molecular weight excluding hydrogens is 389 g/mol. The molecular formula is C20H21Cl2NO4. The molecule has 2 aromatic rings. The lowest BCUT2D eigenvalue weighted by molar-refractivity contribution is -0.127. The Labute approximate surface area is 168 Å². The highest BCUT2D eigenvalue weighted by atomic mass is 35.5. The number of aldehydes is 1. The van der Waals surface area contributed by atoms with E-state index in [1.54, 1.807) is 43.3 Å². The number of carbonyl (C=O) groups is 2. The molecule has 0 spiro atoms. The number of nitrogens with one attached hydrogen (secondary N) is 1. The Morgan fingerprint density at radius 2 is 1.89 bits per heavy atom. The van der Waals surface area contributed by atoms with Crippen LogP contribution in [0.15, 0.2) is 36.4 Å². The minimum atomic E-state index is -0.778. The van der Waals surface area contributed by atoms with Crippen LogP contribution in [-0.4, -0.2) is 24.9 Å². The van der Waals surface area contributed by atoms with Gasteiger partial charge in [0.05, 0.1) is 12.6 Å². The van der Waals surface area contributed by atoms with Gasteiger partial charge in [0.15, 0.2) is 17.6 Å². The predicted octanol–water partition coefficient (Wildman–Crippen LogP) is 4.85. The Bertz CT molecular complexity index is 826. The average Bonchev–Trinajstić information content (AvgIpc) is 2.63. The summed E-state index contributed by atoms with van der Waals surface area (Å²) < 4.78 is 11.2. The summed E-state index contributed by atoms with van der Waals surface area (Å²) in [5.41, 5.74) is 1.22. The van der Waals surface area contributed by atoms with Gasteiger partial charge in [-0.15, -0.1) is 0 Å². The third-order valence-electron chi connectivity index (χ3n) is 3.86. The first kappa shape index (κ1) is 21.1. The molecule has 2 aromatic carbocycles. The van der Waals surface area contributed by atoms with E-state index in [0.717, 1.165) is 11.8 Å². The summed E-state index contributed by atoms with van der Waals surface area (Å²) in [4.78, 5) is 23.4. The van der Waals surface area contributed by atoms with Crippen LogP contribution >= 0.6 is 23.2 Å². The maximum absolute atomic E-state index is 12.5. The highest BCUT2D eigenvalue weighted by Crippen LogP contribution is 2.30. The maximum Gasteiger partial charge on any atom is 0.261 e. The van der Waals surface area contributed by atoms with Crippen LogP contribution in [0.5, 0.6) is 11.5 Å². The number of rotatable bonds is 8. The van der Waals surface area contributed by atoms with Crippen LogP contribution in [0.4, 0.5) is 0 Å². The molecule has 0 unspecified atom stereocenters. The number of ether oxygens (including phenoxy) is 2. The molecule has 0 heterocycles. The first-order chi connectivity index (χ1) is 12.8. The van der Waals surface area contributed by atoms with Crippen molar-refractivity contribution in [3.63, 3.8) is 0 Å². The van der Waals surface area contributed by atoms with Gasteiger partial charge in [-0.3, -0.25) is 9.59 Å². The van der Waals surface area contributed by atoms with E-state index in [1.807, 2.05) is 13.8 Å². The fraction of sp³-hybridized carbons (Fsp3) is 0.300. The van der Waals surface area contributed by atoms with Gasteiger partial charge >= 0.3 is 0 Å². The topological polar surface area (TPSA) is 64.6 Å². The van der Waals surface area contributed by atoms with Gasteiger partial charge in [0.1, 0.15) is 6.29 Å². The smallest absolute Gasteiger partial charge is 0.261 e. The van der Waals surface area contributed by atoms with Gasteiger partial charge < -0.3 is 14.8 Å². The highest BCUT2D eigenvalue weighted by molar-refractivity contribution is 6.35. The van der Waals surface area contributed by atoms with Crippen LogP contribution in [0.1, 0.15) is 42.7 Å². The van der Waals surface area contributed by atoms with E-state index in [0.29, 0.717) is 33.7 Å². The molecule has 0 aliphatic rings. The first-order valence-electron chi connectivity index (χ1n) is 8.49. The summed E-state index contributed by atoms with van der Waals surface area (Å²) in [6.45, 7) is 5.69. The molecule has 27 heavy (non-hydrogen) atoms. The predicted molar refractivity (Wildman–Crippen MR) is 106 cm³/mol. The monoisotopic (exact) mass is 409 g/mol. The Hall–Kier alpha value is -2.24. The van der Waals surface area contributed by atoms with Crippen molar-refractivity contribution in [1.82, 2.24) is 5.32 Å². The van der Waals surface area contributed by atoms with Crippen molar-refractivity contribution in [3.05, 3.63) is 57.6 Å². The normalized spacial score (nSPS) is 12.8. The molecule has 144 valence electrons. The molecule has 0 fully saturated rings. The molecule has 0 aliphatic carbocycles. The molecule has 5 nitrogen and oxygen atoms in total. The van der Waals surface area contributed by atoms with E-state index in [9.17, 15) is 9.59 Å². The molecule has 0 aliphatic heterocycles. The molecule has 2 atom stereocenters. The SMILES string of the molecule is CCOc1cc(C=O)ccc1O[C@H](C)C(=O)N[C@H](C)c1ccc(Cl)cc1Cl. The van der Waals surface area contributed by atoms with Crippen molar-refractivity contribution in [1.29, 1.82) is 0 Å². The summed E-state index contributed by atoms with van der Waals surface area (Å²) in [5, 5.41) is 3.87. The van der Waals surface area contributed by atoms with Crippen LogP contribution in [0.25, 0.3) is 0 Å². The number of hydrogen-bond acceptors (Lipinski definition) is 4. The second kappa shape index (κ2) is 9.62. The fourth-order valence-corrected chi connectivity index (χ4v) is 3.04. The summed E-state index contributed by atoms with van der Waals surface area (Å²) in [6.07, 6.45) is -0.0558. The van der Waals surface area contributed by atoms with Gasteiger partial charge in [-0.2, -0.15) is 0 Å². The molecule has 0 radical (unpaired) electrons. The van der Waals surface area contributed by atoms with E-state index in [2.05, 4.69) is 5.32 Å². The third kappa shape index (κ3) is 5.62. The van der Waals surface area contributed by atoms with Gasteiger partial charge in [0.2, 0.25) is 0 Å². The number of halogens is 2. The fourth-order valence-electron chi connectivity index (χ4n) is 2.47. The zero-order chi connectivity index (χ0) is 20.0. The van der Waals surface area contributed by atoms with Gasteiger partial charge in [0.25, 0.3) is 5.91 Å².